The van der Waals surface area contributed by atoms with Crippen molar-refractivity contribution in [1.82, 2.24) is 10.9 Å². The molecule has 0 aliphatic heterocycles. The van der Waals surface area contributed by atoms with Gasteiger partial charge in [-0.05, 0) is 36.1 Å². The molecule has 0 heterocycles. The lowest BCUT2D eigenvalue weighted by atomic mass is 10.1. The minimum Gasteiger partial charge on any atom is -0.483 e. The van der Waals surface area contributed by atoms with Gasteiger partial charge >= 0.3 is 0 Å². The highest BCUT2D eigenvalue weighted by Crippen LogP contribution is 2.17. The second kappa shape index (κ2) is 9.42. The molecule has 2 rings (SSSR count). The first-order valence-electron chi connectivity index (χ1n) is 8.12. The smallest absolute Gasteiger partial charge is 0.276 e. The molecule has 0 saturated carbocycles. The molecule has 0 unspecified atom stereocenters. The molecule has 0 saturated heterocycles. The molecule has 0 spiro atoms. The van der Waals surface area contributed by atoms with Gasteiger partial charge in [-0.25, -0.2) is 4.39 Å². The predicted molar refractivity (Wildman–Crippen MR) is 92.3 cm³/mol. The average molecular weight is 344 g/mol. The monoisotopic (exact) mass is 344 g/mol. The van der Waals surface area contributed by atoms with Crippen LogP contribution < -0.4 is 15.6 Å². The van der Waals surface area contributed by atoms with Crippen LogP contribution >= 0.6 is 0 Å². The Balaban J connectivity index is 1.71. The molecule has 5 nitrogen and oxygen atoms in total. The molecule has 2 aromatic rings. The molecule has 2 amide bonds. The van der Waals surface area contributed by atoms with E-state index in [-0.39, 0.29) is 25.3 Å². The third-order valence-electron chi connectivity index (χ3n) is 3.63. The molecular weight excluding hydrogens is 323 g/mol. The number of ether oxygens (including phenoxy) is 1. The third kappa shape index (κ3) is 5.91. The van der Waals surface area contributed by atoms with Gasteiger partial charge in [0.05, 0.1) is 0 Å². The van der Waals surface area contributed by atoms with Crippen molar-refractivity contribution in [3.05, 3.63) is 65.5 Å². The summed E-state index contributed by atoms with van der Waals surface area (Å²) < 4.78 is 18.9. The van der Waals surface area contributed by atoms with Crippen LogP contribution in [0.25, 0.3) is 0 Å². The number of carbonyl (C=O) groups is 2. The van der Waals surface area contributed by atoms with E-state index in [2.05, 4.69) is 10.9 Å². The first-order chi connectivity index (χ1) is 12.1. The number of hydrazine groups is 1. The van der Waals surface area contributed by atoms with E-state index in [1.165, 1.54) is 6.07 Å². The van der Waals surface area contributed by atoms with Crippen molar-refractivity contribution in [3.63, 3.8) is 0 Å². The number of hydrogen-bond acceptors (Lipinski definition) is 3. The van der Waals surface area contributed by atoms with E-state index >= 15 is 0 Å². The number of benzene rings is 2. The van der Waals surface area contributed by atoms with Crippen molar-refractivity contribution in [1.29, 1.82) is 0 Å². The van der Waals surface area contributed by atoms with Crippen LogP contribution in [0.3, 0.4) is 0 Å². The van der Waals surface area contributed by atoms with Crippen molar-refractivity contribution in [2.45, 2.75) is 26.2 Å². The Labute approximate surface area is 146 Å². The van der Waals surface area contributed by atoms with Gasteiger partial charge in [0.2, 0.25) is 5.91 Å². The maximum atomic E-state index is 13.5. The van der Waals surface area contributed by atoms with Gasteiger partial charge in [0, 0.05) is 6.42 Å². The molecule has 0 bridgehead atoms. The van der Waals surface area contributed by atoms with Crippen molar-refractivity contribution < 1.29 is 18.7 Å². The van der Waals surface area contributed by atoms with Crippen LogP contribution in [0.5, 0.6) is 5.75 Å². The highest BCUT2D eigenvalue weighted by atomic mass is 19.1. The zero-order valence-corrected chi connectivity index (χ0v) is 14.0. The Kier molecular flexibility index (Phi) is 6.95. The molecule has 25 heavy (non-hydrogen) atoms. The second-order valence-electron chi connectivity index (χ2n) is 5.44. The van der Waals surface area contributed by atoms with Gasteiger partial charge in [0.15, 0.2) is 6.61 Å². The number of hydrogen-bond donors (Lipinski definition) is 2. The van der Waals surface area contributed by atoms with Crippen molar-refractivity contribution >= 4 is 11.8 Å². The van der Waals surface area contributed by atoms with Gasteiger partial charge in [0.25, 0.3) is 5.91 Å². The molecule has 2 N–H and O–H groups in total. The van der Waals surface area contributed by atoms with Crippen molar-refractivity contribution in [3.8, 4) is 5.75 Å². The summed E-state index contributed by atoms with van der Waals surface area (Å²) in [6, 6.07) is 13.7. The first kappa shape index (κ1) is 18.4. The molecule has 6 heteroatoms. The van der Waals surface area contributed by atoms with Gasteiger partial charge < -0.3 is 4.74 Å². The first-order valence-corrected chi connectivity index (χ1v) is 8.12. The summed E-state index contributed by atoms with van der Waals surface area (Å²) >= 11 is 0. The number of carbonyl (C=O) groups excluding carboxylic acids is 2. The summed E-state index contributed by atoms with van der Waals surface area (Å²) in [5.74, 6) is -0.566. The number of rotatable bonds is 7. The van der Waals surface area contributed by atoms with Crippen LogP contribution in [0.1, 0.15) is 24.5 Å². The minimum atomic E-state index is -0.467. The minimum absolute atomic E-state index is 0.0702. The lowest BCUT2D eigenvalue weighted by Gasteiger charge is -2.11. The maximum absolute atomic E-state index is 13.5. The summed E-state index contributed by atoms with van der Waals surface area (Å²) in [5.41, 5.74) is 6.05. The van der Waals surface area contributed by atoms with Gasteiger partial charge in [-0.2, -0.15) is 0 Å². The molecule has 0 aromatic heterocycles. The molecule has 0 aliphatic rings. The molecule has 132 valence electrons. The SMILES string of the molecule is CCc1ccccc1OCC(=O)NNC(=O)CCc1ccccc1F. The van der Waals surface area contributed by atoms with E-state index in [0.717, 1.165) is 12.0 Å². The van der Waals surface area contributed by atoms with E-state index in [9.17, 15) is 14.0 Å². The fraction of sp³-hybridized carbons (Fsp3) is 0.263. The topological polar surface area (TPSA) is 67.4 Å². The van der Waals surface area contributed by atoms with E-state index in [0.29, 0.717) is 11.3 Å². The van der Waals surface area contributed by atoms with Crippen LogP contribution in [0, 0.1) is 5.82 Å². The zero-order chi connectivity index (χ0) is 18.1. The van der Waals surface area contributed by atoms with E-state index in [4.69, 9.17) is 4.74 Å². The lowest BCUT2D eigenvalue weighted by molar-refractivity contribution is -0.130. The molecule has 2 aromatic carbocycles. The molecule has 0 fully saturated rings. The number of halogens is 1. The fourth-order valence-electron chi connectivity index (χ4n) is 2.27. The highest BCUT2D eigenvalue weighted by molar-refractivity contribution is 5.82. The summed E-state index contributed by atoms with van der Waals surface area (Å²) in [6.45, 7) is 1.79. The largest absolute Gasteiger partial charge is 0.483 e. The fourth-order valence-corrected chi connectivity index (χ4v) is 2.27. The van der Waals surface area contributed by atoms with Crippen LogP contribution in [0.2, 0.25) is 0 Å². The number of aryl methyl sites for hydroxylation is 2. The Morgan fingerprint density at radius 3 is 2.32 bits per heavy atom. The van der Waals surface area contributed by atoms with Crippen LogP contribution in [0.4, 0.5) is 4.39 Å². The van der Waals surface area contributed by atoms with Crippen LogP contribution in [0.15, 0.2) is 48.5 Å². The van der Waals surface area contributed by atoms with E-state index in [1.54, 1.807) is 24.3 Å². The highest BCUT2D eigenvalue weighted by Gasteiger charge is 2.09. The predicted octanol–water partition coefficient (Wildman–Crippen LogP) is 2.55. The van der Waals surface area contributed by atoms with E-state index in [1.807, 2.05) is 25.1 Å². The Hall–Kier alpha value is -2.89. The average Bonchev–Trinajstić information content (AvgIpc) is 2.64. The third-order valence-corrected chi connectivity index (χ3v) is 3.63. The number of amides is 2. The quantitative estimate of drug-likeness (QED) is 0.759. The molecule has 0 aliphatic carbocycles. The van der Waals surface area contributed by atoms with Crippen LogP contribution in [-0.2, 0) is 22.4 Å². The lowest BCUT2D eigenvalue weighted by Crippen LogP contribution is -2.43. The summed E-state index contributed by atoms with van der Waals surface area (Å²) in [5, 5.41) is 0. The number of nitrogens with one attached hydrogen (secondary N) is 2. The summed E-state index contributed by atoms with van der Waals surface area (Å²) in [7, 11) is 0. The normalized spacial score (nSPS) is 10.2. The van der Waals surface area contributed by atoms with Gasteiger partial charge in [-0.1, -0.05) is 43.3 Å². The van der Waals surface area contributed by atoms with Crippen molar-refractivity contribution in [2.24, 2.45) is 0 Å². The zero-order valence-electron chi connectivity index (χ0n) is 14.0. The molecule has 0 atom stereocenters. The Bertz CT molecular complexity index is 734. The second-order valence-corrected chi connectivity index (χ2v) is 5.44. The van der Waals surface area contributed by atoms with Gasteiger partial charge in [-0.15, -0.1) is 0 Å². The van der Waals surface area contributed by atoms with Crippen molar-refractivity contribution in [2.75, 3.05) is 6.61 Å². The number of para-hydroxylation sites is 1. The Morgan fingerprint density at radius 2 is 1.60 bits per heavy atom. The van der Waals surface area contributed by atoms with Crippen LogP contribution in [-0.4, -0.2) is 18.4 Å². The molecule has 0 radical (unpaired) electrons. The Morgan fingerprint density at radius 1 is 0.960 bits per heavy atom. The van der Waals surface area contributed by atoms with Gasteiger partial charge in [0.1, 0.15) is 11.6 Å². The van der Waals surface area contributed by atoms with E-state index < -0.39 is 11.8 Å². The summed E-state index contributed by atoms with van der Waals surface area (Å²) in [6.07, 6.45) is 1.13. The standard InChI is InChI=1S/C19H21FN2O3/c1-2-14-7-4-6-10-17(14)25-13-19(24)22-21-18(23)12-11-15-8-3-5-9-16(15)20/h3-10H,2,11-13H2,1H3,(H,21,23)(H,22,24). The maximum Gasteiger partial charge on any atom is 0.276 e. The molecular formula is C19H21FN2O3. The summed E-state index contributed by atoms with van der Waals surface area (Å²) in [4.78, 5) is 23.5. The van der Waals surface area contributed by atoms with Gasteiger partial charge in [-0.3, -0.25) is 20.4 Å².